The summed E-state index contributed by atoms with van der Waals surface area (Å²) < 4.78 is 2.17. The Kier molecular flexibility index (Phi) is 6.49. The van der Waals surface area contributed by atoms with Crippen molar-refractivity contribution >= 4 is 28.5 Å². The molecular weight excluding hydrogens is 199 g/mol. The van der Waals surface area contributed by atoms with Crippen LogP contribution in [0.15, 0.2) is 10.2 Å². The molecule has 0 spiro atoms. The summed E-state index contributed by atoms with van der Waals surface area (Å²) in [7, 11) is 4.80. The average Bonchev–Trinajstić information content (AvgIpc) is 1.61. The summed E-state index contributed by atoms with van der Waals surface area (Å²) in [6, 6.07) is 0. The van der Waals surface area contributed by atoms with Crippen LogP contribution in [0.2, 0.25) is 0 Å². The molecular formula is C4H7SSn. The molecule has 0 bridgehead atoms. The molecule has 0 saturated carbocycles. The van der Waals surface area contributed by atoms with Gasteiger partial charge in [-0.25, -0.2) is 0 Å². The Hall–Kier alpha value is 0.759. The topological polar surface area (TPSA) is 0 Å². The van der Waals surface area contributed by atoms with Gasteiger partial charge in [0.1, 0.15) is 0 Å². The van der Waals surface area contributed by atoms with Gasteiger partial charge in [0.15, 0.2) is 0 Å². The maximum absolute atomic E-state index is 4.80. The van der Waals surface area contributed by atoms with E-state index in [1.165, 1.54) is 0 Å². The zero-order valence-electron chi connectivity index (χ0n) is 3.77. The van der Waals surface area contributed by atoms with Crippen LogP contribution in [0.1, 0.15) is 13.3 Å². The van der Waals surface area contributed by atoms with Crippen molar-refractivity contribution in [1.82, 2.24) is 0 Å². The molecule has 0 aromatic heterocycles. The number of hydrogen-bond acceptors (Lipinski definition) is 1. The van der Waals surface area contributed by atoms with E-state index >= 15 is 0 Å². The first-order valence-electron chi connectivity index (χ1n) is 1.94. The summed E-state index contributed by atoms with van der Waals surface area (Å²) in [6.45, 7) is 2.13. The van der Waals surface area contributed by atoms with Gasteiger partial charge in [0.25, 0.3) is 0 Å². The van der Waals surface area contributed by atoms with Crippen LogP contribution in [0.25, 0.3) is 0 Å². The molecule has 2 heteroatoms. The van der Waals surface area contributed by atoms with Crippen molar-refractivity contribution in [2.24, 2.45) is 0 Å². The Labute approximate surface area is 52.0 Å². The molecule has 0 N–H and O–H groups in total. The van der Waals surface area contributed by atoms with Crippen molar-refractivity contribution in [2.75, 3.05) is 0 Å². The molecule has 33 valence electrons. The molecule has 0 rings (SSSR count). The normalized spacial score (nSPS) is 9.50. The van der Waals surface area contributed by atoms with E-state index in [1.807, 2.05) is 0 Å². The van der Waals surface area contributed by atoms with Gasteiger partial charge in [-0.2, -0.15) is 0 Å². The van der Waals surface area contributed by atoms with Crippen LogP contribution in [0.4, 0.5) is 0 Å². The molecule has 0 heterocycles. The molecule has 0 aromatic carbocycles. The molecule has 0 fully saturated rings. The Balaban J connectivity index is 2.94. The first-order chi connectivity index (χ1) is 2.91. The van der Waals surface area contributed by atoms with Gasteiger partial charge < -0.3 is 0 Å². The Morgan fingerprint density at radius 1 is 1.83 bits per heavy atom. The van der Waals surface area contributed by atoms with Gasteiger partial charge in [-0.15, -0.1) is 0 Å². The summed E-state index contributed by atoms with van der Waals surface area (Å²) >= 11 is -0.407. The maximum atomic E-state index is 4.80. The Morgan fingerprint density at radius 3 is 2.67 bits per heavy atom. The van der Waals surface area contributed by atoms with Crippen molar-refractivity contribution in [3.05, 3.63) is 10.2 Å². The van der Waals surface area contributed by atoms with E-state index in [-0.39, 0.29) is 0 Å². The van der Waals surface area contributed by atoms with E-state index in [0.29, 0.717) is 0 Å². The van der Waals surface area contributed by atoms with Crippen LogP contribution >= 0.6 is 9.29 Å². The van der Waals surface area contributed by atoms with E-state index in [9.17, 15) is 0 Å². The van der Waals surface area contributed by atoms with E-state index in [0.717, 1.165) is 6.42 Å². The van der Waals surface area contributed by atoms with Gasteiger partial charge in [0, 0.05) is 0 Å². The van der Waals surface area contributed by atoms with Gasteiger partial charge in [-0.3, -0.25) is 0 Å². The van der Waals surface area contributed by atoms with Gasteiger partial charge in [-0.05, 0) is 0 Å². The van der Waals surface area contributed by atoms with Crippen LogP contribution in [0, 0.1) is 0 Å². The fraction of sp³-hybridized carbons (Fsp3) is 0.500. The second kappa shape index (κ2) is 5.76. The Morgan fingerprint density at radius 2 is 2.50 bits per heavy atom. The predicted molar refractivity (Wildman–Crippen MR) is 32.8 cm³/mol. The van der Waals surface area contributed by atoms with Crippen LogP contribution < -0.4 is 0 Å². The third kappa shape index (κ3) is 4.76. The third-order valence-electron chi connectivity index (χ3n) is 0.422. The van der Waals surface area contributed by atoms with Crippen molar-refractivity contribution in [2.45, 2.75) is 13.3 Å². The first-order valence-corrected chi connectivity index (χ1v) is 7.49. The first kappa shape index (κ1) is 6.76. The second-order valence-electron chi connectivity index (χ2n) is 0.928. The van der Waals surface area contributed by atoms with Crippen LogP contribution in [0.5, 0.6) is 0 Å². The van der Waals surface area contributed by atoms with Crippen molar-refractivity contribution in [3.8, 4) is 0 Å². The molecule has 0 aliphatic heterocycles. The van der Waals surface area contributed by atoms with Crippen LogP contribution in [0.3, 0.4) is 0 Å². The number of rotatable bonds is 2. The number of hydrogen-bond donors (Lipinski definition) is 0. The fourth-order valence-electron chi connectivity index (χ4n) is 0.166. The predicted octanol–water partition coefficient (Wildman–Crippen LogP) is 1.73. The molecule has 0 unspecified atom stereocenters. The zero-order chi connectivity index (χ0) is 4.83. The van der Waals surface area contributed by atoms with E-state index < -0.39 is 19.2 Å². The van der Waals surface area contributed by atoms with Gasteiger partial charge in [0.2, 0.25) is 0 Å². The molecule has 0 aromatic rings. The SMILES string of the molecule is CCC=[CH][Sn]=[S]. The quantitative estimate of drug-likeness (QED) is 0.619. The van der Waals surface area contributed by atoms with Crippen LogP contribution in [-0.2, 0) is 0 Å². The molecule has 1 radical (unpaired) electrons. The molecule has 6 heavy (non-hydrogen) atoms. The van der Waals surface area contributed by atoms with Gasteiger partial charge in [-0.1, -0.05) is 0 Å². The van der Waals surface area contributed by atoms with Crippen molar-refractivity contribution < 1.29 is 0 Å². The zero-order valence-corrected chi connectivity index (χ0v) is 7.44. The molecule has 0 aliphatic carbocycles. The molecule has 0 saturated heterocycles. The fourth-order valence-corrected chi connectivity index (χ4v) is 1.76. The monoisotopic (exact) mass is 207 g/mol. The van der Waals surface area contributed by atoms with E-state index in [1.54, 1.807) is 0 Å². The summed E-state index contributed by atoms with van der Waals surface area (Å²) in [5, 5.41) is 0. The van der Waals surface area contributed by atoms with Gasteiger partial charge >= 0.3 is 52.0 Å². The van der Waals surface area contributed by atoms with E-state index in [4.69, 9.17) is 9.29 Å². The van der Waals surface area contributed by atoms with Gasteiger partial charge in [0.05, 0.1) is 0 Å². The molecule has 0 nitrogen and oxygen atoms in total. The number of allylic oxidation sites excluding steroid dienone is 1. The molecule has 0 aliphatic rings. The van der Waals surface area contributed by atoms with Crippen molar-refractivity contribution in [1.29, 1.82) is 0 Å². The third-order valence-corrected chi connectivity index (χ3v) is 2.40. The molecule has 0 atom stereocenters. The van der Waals surface area contributed by atoms with E-state index in [2.05, 4.69) is 17.1 Å². The summed E-state index contributed by atoms with van der Waals surface area (Å²) in [4.78, 5) is 0. The van der Waals surface area contributed by atoms with Crippen LogP contribution in [-0.4, -0.2) is 19.2 Å². The Bertz CT molecular complexity index is 58.6. The minimum absolute atomic E-state index is 0.407. The molecule has 0 amide bonds. The summed E-state index contributed by atoms with van der Waals surface area (Å²) in [5.74, 6) is 0. The summed E-state index contributed by atoms with van der Waals surface area (Å²) in [6.07, 6.45) is 3.30. The standard InChI is InChI=1S/C4H7.S.Sn/c1-3-4-2;;/h1,3H,4H2,2H3;;. The summed E-state index contributed by atoms with van der Waals surface area (Å²) in [5.41, 5.74) is 0. The second-order valence-corrected chi connectivity index (χ2v) is 4.13. The van der Waals surface area contributed by atoms with Crippen molar-refractivity contribution in [3.63, 3.8) is 0 Å². The minimum atomic E-state index is -0.407. The average molecular weight is 206 g/mol.